The van der Waals surface area contributed by atoms with Gasteiger partial charge in [-0.3, -0.25) is 9.59 Å². The molecule has 0 fully saturated rings. The molecular weight excluding hydrogens is 537 g/mol. The summed E-state index contributed by atoms with van der Waals surface area (Å²) in [6.07, 6.45) is 0. The van der Waals surface area contributed by atoms with Crippen molar-refractivity contribution in [3.05, 3.63) is 113 Å². The molecule has 9 heteroatoms. The molecule has 0 saturated carbocycles. The number of hydrogen-bond acceptors (Lipinski definition) is 6. The molecule has 1 N–H and O–H groups in total. The van der Waals surface area contributed by atoms with Gasteiger partial charge in [0.05, 0.1) is 5.75 Å². The summed E-state index contributed by atoms with van der Waals surface area (Å²) in [6, 6.07) is 21.7. The first-order valence-electron chi connectivity index (χ1n) is 13.2. The third-order valence-corrected chi connectivity index (χ3v) is 7.44. The fourth-order valence-corrected chi connectivity index (χ4v) is 5.27. The molecule has 0 radical (unpaired) electrons. The van der Waals surface area contributed by atoms with Crippen LogP contribution in [0.15, 0.2) is 84.0 Å². The minimum absolute atomic E-state index is 0.0251. The van der Waals surface area contributed by atoms with Crippen molar-refractivity contribution in [3.8, 4) is 0 Å². The first-order valence-corrected chi connectivity index (χ1v) is 14.2. The lowest BCUT2D eigenvalue weighted by Gasteiger charge is -2.32. The third-order valence-electron chi connectivity index (χ3n) is 6.61. The number of benzene rings is 3. The maximum atomic E-state index is 14.0. The standard InChI is InChI=1S/C32H34FN5O2S/c1-21-8-6-7-9-25(21)19-38(29(39)20-41-32-34-22(2)18-23(3)35-32)30(24-10-12-26(33)13-11-24)31(40)36-27-14-16-28(17-15-27)37(4)5/h6-18,30H,19-20H2,1-5H3,(H,36,40)/t30-/m1/s1. The van der Waals surface area contributed by atoms with Crippen LogP contribution in [0.5, 0.6) is 0 Å². The summed E-state index contributed by atoms with van der Waals surface area (Å²) in [5, 5.41) is 3.46. The Morgan fingerprint density at radius 2 is 1.54 bits per heavy atom. The van der Waals surface area contributed by atoms with E-state index in [0.29, 0.717) is 16.4 Å². The lowest BCUT2D eigenvalue weighted by atomic mass is 10.0. The average molecular weight is 572 g/mol. The monoisotopic (exact) mass is 571 g/mol. The summed E-state index contributed by atoms with van der Waals surface area (Å²) in [6.45, 7) is 5.92. The zero-order valence-electron chi connectivity index (χ0n) is 23.9. The Labute approximate surface area is 244 Å². The van der Waals surface area contributed by atoms with Crippen LogP contribution >= 0.6 is 11.8 Å². The molecular formula is C32H34FN5O2S. The van der Waals surface area contributed by atoms with Crippen molar-refractivity contribution in [2.24, 2.45) is 0 Å². The van der Waals surface area contributed by atoms with Gasteiger partial charge >= 0.3 is 0 Å². The maximum absolute atomic E-state index is 14.0. The predicted octanol–water partition coefficient (Wildman–Crippen LogP) is 6.11. The van der Waals surface area contributed by atoms with Crippen molar-refractivity contribution in [1.82, 2.24) is 14.9 Å². The Hall–Kier alpha value is -4.24. The van der Waals surface area contributed by atoms with Gasteiger partial charge < -0.3 is 15.1 Å². The quantitative estimate of drug-likeness (QED) is 0.183. The summed E-state index contributed by atoms with van der Waals surface area (Å²) in [4.78, 5) is 40.3. The van der Waals surface area contributed by atoms with E-state index in [1.807, 2.05) is 94.4 Å². The fraction of sp³-hybridized carbons (Fsp3) is 0.250. The summed E-state index contributed by atoms with van der Waals surface area (Å²) in [5.74, 6) is -1.07. The molecule has 7 nitrogen and oxygen atoms in total. The normalized spacial score (nSPS) is 11.6. The van der Waals surface area contributed by atoms with Crippen LogP contribution in [0.1, 0.15) is 34.1 Å². The van der Waals surface area contributed by atoms with Crippen LogP contribution < -0.4 is 10.2 Å². The van der Waals surface area contributed by atoms with E-state index >= 15 is 0 Å². The highest BCUT2D eigenvalue weighted by Crippen LogP contribution is 2.28. The number of aromatic nitrogens is 2. The Kier molecular flexibility index (Phi) is 9.73. The van der Waals surface area contributed by atoms with Gasteiger partial charge in [0.2, 0.25) is 5.91 Å². The van der Waals surface area contributed by atoms with Gasteiger partial charge in [0, 0.05) is 43.4 Å². The molecule has 1 atom stereocenters. The maximum Gasteiger partial charge on any atom is 0.251 e. The van der Waals surface area contributed by atoms with Crippen molar-refractivity contribution < 1.29 is 14.0 Å². The number of aryl methyl sites for hydroxylation is 3. The van der Waals surface area contributed by atoms with Gasteiger partial charge in [-0.05, 0) is 79.9 Å². The summed E-state index contributed by atoms with van der Waals surface area (Å²) >= 11 is 1.23. The molecule has 41 heavy (non-hydrogen) atoms. The third kappa shape index (κ3) is 7.91. The van der Waals surface area contributed by atoms with Crippen LogP contribution in [0.3, 0.4) is 0 Å². The average Bonchev–Trinajstić information content (AvgIpc) is 2.93. The fourth-order valence-electron chi connectivity index (χ4n) is 4.43. The van der Waals surface area contributed by atoms with E-state index in [1.165, 1.54) is 23.9 Å². The van der Waals surface area contributed by atoms with Gasteiger partial charge in [-0.2, -0.15) is 0 Å². The Morgan fingerprint density at radius 1 is 0.902 bits per heavy atom. The predicted molar refractivity (Wildman–Crippen MR) is 162 cm³/mol. The Morgan fingerprint density at radius 3 is 2.15 bits per heavy atom. The van der Waals surface area contributed by atoms with E-state index < -0.39 is 17.8 Å². The first-order chi connectivity index (χ1) is 19.6. The topological polar surface area (TPSA) is 78.4 Å². The van der Waals surface area contributed by atoms with E-state index in [4.69, 9.17) is 0 Å². The van der Waals surface area contributed by atoms with Gasteiger partial charge in [0.15, 0.2) is 5.16 Å². The number of halogens is 1. The van der Waals surface area contributed by atoms with E-state index in [9.17, 15) is 14.0 Å². The SMILES string of the molecule is Cc1cc(C)nc(SCC(=O)N(Cc2ccccc2C)[C@@H](C(=O)Nc2ccc(N(C)C)cc2)c2ccc(F)cc2)n1. The van der Waals surface area contributed by atoms with E-state index in [2.05, 4.69) is 15.3 Å². The number of amides is 2. The van der Waals surface area contributed by atoms with Crippen LogP contribution in [0, 0.1) is 26.6 Å². The second-order valence-electron chi connectivity index (χ2n) is 10.1. The largest absolute Gasteiger partial charge is 0.378 e. The summed E-state index contributed by atoms with van der Waals surface area (Å²) in [5.41, 5.74) is 5.61. The molecule has 4 aromatic rings. The highest BCUT2D eigenvalue weighted by Gasteiger charge is 2.32. The number of nitrogens with one attached hydrogen (secondary N) is 1. The Balaban J connectivity index is 1.70. The second kappa shape index (κ2) is 13.4. The van der Waals surface area contributed by atoms with Gasteiger partial charge in [0.1, 0.15) is 11.9 Å². The van der Waals surface area contributed by atoms with Crippen molar-refractivity contribution in [1.29, 1.82) is 0 Å². The Bertz CT molecular complexity index is 1490. The number of nitrogens with zero attached hydrogens (tertiary/aromatic N) is 4. The lowest BCUT2D eigenvalue weighted by Crippen LogP contribution is -2.42. The van der Waals surface area contributed by atoms with Crippen molar-refractivity contribution in [2.45, 2.75) is 38.5 Å². The van der Waals surface area contributed by atoms with Crippen molar-refractivity contribution >= 4 is 35.0 Å². The van der Waals surface area contributed by atoms with E-state index in [-0.39, 0.29) is 18.2 Å². The molecule has 0 spiro atoms. The molecule has 0 bridgehead atoms. The highest BCUT2D eigenvalue weighted by molar-refractivity contribution is 7.99. The molecule has 212 valence electrons. The number of thioether (sulfide) groups is 1. The molecule has 4 rings (SSSR count). The first kappa shape index (κ1) is 29.7. The number of carbonyl (C=O) groups is 2. The number of hydrogen-bond donors (Lipinski definition) is 1. The van der Waals surface area contributed by atoms with Gasteiger partial charge in [0.25, 0.3) is 5.91 Å². The lowest BCUT2D eigenvalue weighted by molar-refractivity contribution is -0.137. The van der Waals surface area contributed by atoms with Crippen LogP contribution in [-0.2, 0) is 16.1 Å². The zero-order chi connectivity index (χ0) is 29.5. The minimum atomic E-state index is -1.02. The van der Waals surface area contributed by atoms with Gasteiger partial charge in [-0.1, -0.05) is 48.2 Å². The smallest absolute Gasteiger partial charge is 0.251 e. The molecule has 0 aliphatic carbocycles. The van der Waals surface area contributed by atoms with Crippen molar-refractivity contribution in [2.75, 3.05) is 30.1 Å². The molecule has 0 aliphatic rings. The highest BCUT2D eigenvalue weighted by atomic mass is 32.2. The molecule has 0 unspecified atom stereocenters. The van der Waals surface area contributed by atoms with E-state index in [1.54, 1.807) is 17.0 Å². The minimum Gasteiger partial charge on any atom is -0.378 e. The summed E-state index contributed by atoms with van der Waals surface area (Å²) in [7, 11) is 3.88. The summed E-state index contributed by atoms with van der Waals surface area (Å²) < 4.78 is 13.9. The van der Waals surface area contributed by atoms with E-state index in [0.717, 1.165) is 28.2 Å². The molecule has 2 amide bonds. The van der Waals surface area contributed by atoms with Gasteiger partial charge in [-0.25, -0.2) is 14.4 Å². The van der Waals surface area contributed by atoms with Crippen molar-refractivity contribution in [3.63, 3.8) is 0 Å². The van der Waals surface area contributed by atoms with Crippen LogP contribution in [0.2, 0.25) is 0 Å². The number of carbonyl (C=O) groups excluding carboxylic acids is 2. The second-order valence-corrected chi connectivity index (χ2v) is 11.0. The zero-order valence-corrected chi connectivity index (χ0v) is 24.7. The molecule has 0 saturated heterocycles. The molecule has 1 heterocycles. The van der Waals surface area contributed by atoms with Gasteiger partial charge in [-0.15, -0.1) is 0 Å². The van der Waals surface area contributed by atoms with Crippen LogP contribution in [-0.4, -0.2) is 46.5 Å². The number of anilines is 2. The molecule has 0 aliphatic heterocycles. The molecule has 3 aromatic carbocycles. The number of rotatable bonds is 10. The molecule has 1 aromatic heterocycles. The van der Waals surface area contributed by atoms with Crippen LogP contribution in [0.25, 0.3) is 0 Å². The van der Waals surface area contributed by atoms with Crippen LogP contribution in [0.4, 0.5) is 15.8 Å².